The van der Waals surface area contributed by atoms with Crippen LogP contribution in [-0.4, -0.2) is 36.2 Å². The highest BCUT2D eigenvalue weighted by atomic mass is 32.2. The van der Waals surface area contributed by atoms with E-state index in [1.54, 1.807) is 10.5 Å². The van der Waals surface area contributed by atoms with Crippen LogP contribution < -0.4 is 5.32 Å². The number of aryl methyl sites for hydroxylation is 2. The summed E-state index contributed by atoms with van der Waals surface area (Å²) in [6.07, 6.45) is 0. The first-order valence-corrected chi connectivity index (χ1v) is 8.39. The molecular weight excluding hydrogens is 363 g/mol. The molecular formula is C15H13FN6O3S. The number of hydrogen-bond acceptors (Lipinski definition) is 7. The fourth-order valence-electron chi connectivity index (χ4n) is 2.35. The van der Waals surface area contributed by atoms with E-state index in [2.05, 4.69) is 20.5 Å². The van der Waals surface area contributed by atoms with Crippen molar-refractivity contribution < 1.29 is 14.1 Å². The van der Waals surface area contributed by atoms with Crippen molar-refractivity contribution in [1.82, 2.24) is 19.6 Å². The summed E-state index contributed by atoms with van der Waals surface area (Å²) < 4.78 is 15.1. The lowest BCUT2D eigenvalue weighted by atomic mass is 10.2. The first kappa shape index (κ1) is 17.7. The Kier molecular flexibility index (Phi) is 4.80. The van der Waals surface area contributed by atoms with Gasteiger partial charge in [0.05, 0.1) is 10.7 Å². The highest BCUT2D eigenvalue weighted by Gasteiger charge is 2.16. The maximum atomic E-state index is 13.3. The lowest BCUT2D eigenvalue weighted by molar-refractivity contribution is -0.387. The first-order valence-electron chi connectivity index (χ1n) is 7.41. The third kappa shape index (κ3) is 3.61. The molecule has 11 heteroatoms. The molecule has 0 unspecified atom stereocenters. The molecule has 0 aliphatic heterocycles. The molecule has 2 aromatic heterocycles. The molecule has 0 fully saturated rings. The second kappa shape index (κ2) is 7.04. The number of nitrogens with one attached hydrogen (secondary N) is 1. The largest absolute Gasteiger partial charge is 0.325 e. The molecule has 134 valence electrons. The number of carbonyl (C=O) groups is 1. The average molecular weight is 376 g/mol. The number of anilines is 1. The quantitative estimate of drug-likeness (QED) is 0.413. The number of fused-ring (bicyclic) bond motifs is 1. The lowest BCUT2D eigenvalue weighted by Gasteiger charge is -2.06. The van der Waals surface area contributed by atoms with E-state index in [9.17, 15) is 19.3 Å². The predicted octanol–water partition coefficient (Wildman–Crippen LogP) is 2.52. The first-order chi connectivity index (χ1) is 12.3. The SMILES string of the molecule is Cc1cc2nnc(SCC(=O)Nc3ccc(F)c([N+](=O)[O-])c3)n2c(C)n1. The summed E-state index contributed by atoms with van der Waals surface area (Å²) in [5.74, 6) is -0.678. The van der Waals surface area contributed by atoms with E-state index in [-0.39, 0.29) is 11.4 Å². The van der Waals surface area contributed by atoms with Crippen LogP contribution in [0.3, 0.4) is 0 Å². The number of amides is 1. The van der Waals surface area contributed by atoms with Gasteiger partial charge in [-0.15, -0.1) is 10.2 Å². The van der Waals surface area contributed by atoms with Gasteiger partial charge in [0.25, 0.3) is 0 Å². The Morgan fingerprint density at radius 3 is 2.85 bits per heavy atom. The Bertz CT molecular complexity index is 1020. The molecule has 1 amide bonds. The van der Waals surface area contributed by atoms with Crippen molar-refractivity contribution in [2.45, 2.75) is 19.0 Å². The molecule has 0 aliphatic rings. The third-order valence-corrected chi connectivity index (χ3v) is 4.35. The van der Waals surface area contributed by atoms with Gasteiger partial charge in [0.15, 0.2) is 10.8 Å². The van der Waals surface area contributed by atoms with Crippen molar-refractivity contribution in [3.8, 4) is 0 Å². The van der Waals surface area contributed by atoms with Crippen LogP contribution in [0.4, 0.5) is 15.8 Å². The number of carbonyl (C=O) groups excluding carboxylic acids is 1. The standard InChI is InChI=1S/C15H13FN6O3S/c1-8-5-13-19-20-15(21(13)9(2)17-8)26-7-14(23)18-10-3-4-11(16)12(6-10)22(24)25/h3-6H,7H2,1-2H3,(H,18,23). The molecule has 0 spiro atoms. The Hall–Kier alpha value is -3.08. The zero-order chi connectivity index (χ0) is 18.8. The fourth-order valence-corrected chi connectivity index (χ4v) is 3.14. The molecule has 2 heterocycles. The Balaban J connectivity index is 1.70. The second-order valence-electron chi connectivity index (χ2n) is 5.38. The zero-order valence-electron chi connectivity index (χ0n) is 13.8. The van der Waals surface area contributed by atoms with Gasteiger partial charge >= 0.3 is 5.69 Å². The van der Waals surface area contributed by atoms with Gasteiger partial charge in [0.1, 0.15) is 5.82 Å². The molecule has 26 heavy (non-hydrogen) atoms. The van der Waals surface area contributed by atoms with Crippen molar-refractivity contribution >= 4 is 34.7 Å². The van der Waals surface area contributed by atoms with Crippen molar-refractivity contribution in [2.24, 2.45) is 0 Å². The van der Waals surface area contributed by atoms with Gasteiger partial charge < -0.3 is 5.32 Å². The number of nitro benzene ring substituents is 1. The molecule has 1 aromatic carbocycles. The molecule has 3 aromatic rings. The maximum absolute atomic E-state index is 13.3. The van der Waals surface area contributed by atoms with Crippen molar-refractivity contribution in [3.05, 3.63) is 51.7 Å². The van der Waals surface area contributed by atoms with Crippen LogP contribution in [0.1, 0.15) is 11.5 Å². The molecule has 0 atom stereocenters. The number of benzene rings is 1. The zero-order valence-corrected chi connectivity index (χ0v) is 14.6. The third-order valence-electron chi connectivity index (χ3n) is 3.42. The minimum atomic E-state index is -0.962. The van der Waals surface area contributed by atoms with Crippen LogP contribution >= 0.6 is 11.8 Å². The van der Waals surface area contributed by atoms with Crippen molar-refractivity contribution in [1.29, 1.82) is 0 Å². The molecule has 0 saturated heterocycles. The maximum Gasteiger partial charge on any atom is 0.306 e. The molecule has 0 radical (unpaired) electrons. The Morgan fingerprint density at radius 1 is 1.35 bits per heavy atom. The van der Waals surface area contributed by atoms with Gasteiger partial charge in [-0.1, -0.05) is 11.8 Å². The molecule has 0 saturated carbocycles. The van der Waals surface area contributed by atoms with Gasteiger partial charge in [-0.2, -0.15) is 4.39 Å². The summed E-state index contributed by atoms with van der Waals surface area (Å²) in [6, 6.07) is 4.95. The molecule has 9 nitrogen and oxygen atoms in total. The van der Waals surface area contributed by atoms with Crippen LogP contribution in [-0.2, 0) is 4.79 Å². The number of nitrogens with zero attached hydrogens (tertiary/aromatic N) is 5. The van der Waals surface area contributed by atoms with Crippen LogP contribution in [0.25, 0.3) is 5.65 Å². The summed E-state index contributed by atoms with van der Waals surface area (Å²) in [5.41, 5.74) is 0.890. The van der Waals surface area contributed by atoms with Gasteiger partial charge in [0.2, 0.25) is 11.7 Å². The number of hydrogen-bond donors (Lipinski definition) is 1. The van der Waals surface area contributed by atoms with Gasteiger partial charge in [0, 0.05) is 23.5 Å². The van der Waals surface area contributed by atoms with E-state index < -0.39 is 22.3 Å². The Labute approximate surface area is 150 Å². The van der Waals surface area contributed by atoms with E-state index in [0.29, 0.717) is 16.6 Å². The highest BCUT2D eigenvalue weighted by molar-refractivity contribution is 7.99. The summed E-state index contributed by atoms with van der Waals surface area (Å²) in [6.45, 7) is 3.66. The number of rotatable bonds is 5. The summed E-state index contributed by atoms with van der Waals surface area (Å²) in [5, 5.41) is 21.8. The molecule has 0 bridgehead atoms. The Morgan fingerprint density at radius 2 is 2.12 bits per heavy atom. The van der Waals surface area contributed by atoms with E-state index >= 15 is 0 Å². The number of halogens is 1. The van der Waals surface area contributed by atoms with Gasteiger partial charge in [-0.3, -0.25) is 19.3 Å². The van der Waals surface area contributed by atoms with Crippen molar-refractivity contribution in [3.63, 3.8) is 0 Å². The minimum Gasteiger partial charge on any atom is -0.325 e. The topological polar surface area (TPSA) is 115 Å². The minimum absolute atomic E-state index is 0.000711. The van der Waals surface area contributed by atoms with Crippen LogP contribution in [0.15, 0.2) is 29.4 Å². The monoisotopic (exact) mass is 376 g/mol. The van der Waals surface area contributed by atoms with E-state index in [1.807, 2.05) is 13.8 Å². The van der Waals surface area contributed by atoms with Crippen molar-refractivity contribution in [2.75, 3.05) is 11.1 Å². The summed E-state index contributed by atoms with van der Waals surface area (Å²) >= 11 is 1.15. The molecule has 3 rings (SSSR count). The van der Waals surface area contributed by atoms with Gasteiger partial charge in [-0.25, -0.2) is 4.98 Å². The number of thioether (sulfide) groups is 1. The number of aromatic nitrogens is 4. The fraction of sp³-hybridized carbons (Fsp3) is 0.200. The smallest absolute Gasteiger partial charge is 0.306 e. The summed E-state index contributed by atoms with van der Waals surface area (Å²) in [4.78, 5) is 26.3. The van der Waals surface area contributed by atoms with E-state index in [0.717, 1.165) is 29.6 Å². The molecule has 0 aliphatic carbocycles. The summed E-state index contributed by atoms with van der Waals surface area (Å²) in [7, 11) is 0. The lowest BCUT2D eigenvalue weighted by Crippen LogP contribution is -2.14. The average Bonchev–Trinajstić information content (AvgIpc) is 2.97. The molecule has 1 N–H and O–H groups in total. The van der Waals surface area contributed by atoms with Crippen LogP contribution in [0.2, 0.25) is 0 Å². The van der Waals surface area contributed by atoms with E-state index in [4.69, 9.17) is 0 Å². The normalized spacial score (nSPS) is 10.9. The number of nitro groups is 1. The van der Waals surface area contributed by atoms with Crippen LogP contribution in [0.5, 0.6) is 0 Å². The second-order valence-corrected chi connectivity index (χ2v) is 6.32. The van der Waals surface area contributed by atoms with E-state index in [1.165, 1.54) is 6.07 Å². The highest BCUT2D eigenvalue weighted by Crippen LogP contribution is 2.23. The van der Waals surface area contributed by atoms with Crippen LogP contribution in [0, 0.1) is 29.8 Å². The predicted molar refractivity (Wildman–Crippen MR) is 92.7 cm³/mol. The van der Waals surface area contributed by atoms with Gasteiger partial charge in [-0.05, 0) is 26.0 Å².